The molecule has 2 rings (SSSR count). The Morgan fingerprint density at radius 1 is 1.59 bits per heavy atom. The van der Waals surface area contributed by atoms with Gasteiger partial charge in [0.15, 0.2) is 0 Å². The summed E-state index contributed by atoms with van der Waals surface area (Å²) in [6.45, 7) is 2.31. The lowest BCUT2D eigenvalue weighted by Gasteiger charge is -1.98. The van der Waals surface area contributed by atoms with Crippen LogP contribution in [0.5, 0.6) is 0 Å². The van der Waals surface area contributed by atoms with E-state index in [1.54, 1.807) is 10.9 Å². The van der Waals surface area contributed by atoms with Gasteiger partial charge in [0.25, 0.3) is 5.22 Å². The van der Waals surface area contributed by atoms with Gasteiger partial charge < -0.3 is 9.52 Å². The summed E-state index contributed by atoms with van der Waals surface area (Å²) in [4.78, 5) is 10.4. The third-order valence-corrected chi connectivity index (χ3v) is 2.78. The zero-order valence-electron chi connectivity index (χ0n) is 9.03. The number of thioether (sulfide) groups is 1. The van der Waals surface area contributed by atoms with E-state index in [1.807, 2.05) is 13.0 Å². The minimum Gasteiger partial charge on any atom is -0.481 e. The zero-order chi connectivity index (χ0) is 12.3. The van der Waals surface area contributed by atoms with Crippen molar-refractivity contribution in [2.24, 2.45) is 0 Å². The first-order valence-electron chi connectivity index (χ1n) is 4.80. The second kappa shape index (κ2) is 5.00. The third kappa shape index (κ3) is 3.06. The van der Waals surface area contributed by atoms with Crippen LogP contribution in [-0.4, -0.2) is 36.8 Å². The highest BCUT2D eigenvalue weighted by Crippen LogP contribution is 2.16. The van der Waals surface area contributed by atoms with Crippen molar-refractivity contribution in [2.45, 2.75) is 18.7 Å². The quantitative estimate of drug-likeness (QED) is 0.788. The molecule has 2 heterocycles. The number of nitrogens with zero attached hydrogens (tertiary/aromatic N) is 4. The average molecular weight is 254 g/mol. The fraction of sp³-hybridized carbons (Fsp3) is 0.333. The first kappa shape index (κ1) is 11.6. The summed E-state index contributed by atoms with van der Waals surface area (Å²) in [5, 5.41) is 20.4. The van der Waals surface area contributed by atoms with Crippen molar-refractivity contribution in [1.29, 1.82) is 0 Å². The number of hydrogen-bond donors (Lipinski definition) is 1. The van der Waals surface area contributed by atoms with E-state index in [4.69, 9.17) is 9.52 Å². The molecule has 90 valence electrons. The van der Waals surface area contributed by atoms with Gasteiger partial charge in [-0.15, -0.1) is 10.2 Å². The number of rotatable bonds is 5. The standard InChI is InChI=1S/C9H10N4O3S/c1-6-2-3-10-13(6)4-7-11-12-9(16-7)17-5-8(14)15/h2-3H,4-5H2,1H3,(H,14,15). The van der Waals surface area contributed by atoms with E-state index in [2.05, 4.69) is 15.3 Å². The summed E-state index contributed by atoms with van der Waals surface area (Å²) in [7, 11) is 0. The normalized spacial score (nSPS) is 10.6. The Morgan fingerprint density at radius 2 is 2.41 bits per heavy atom. The number of hydrogen-bond acceptors (Lipinski definition) is 6. The van der Waals surface area contributed by atoms with Crippen molar-refractivity contribution in [1.82, 2.24) is 20.0 Å². The number of carboxylic acids is 1. The molecular weight excluding hydrogens is 244 g/mol. The molecule has 0 amide bonds. The lowest BCUT2D eigenvalue weighted by atomic mass is 10.5. The van der Waals surface area contributed by atoms with Crippen molar-refractivity contribution >= 4 is 17.7 Å². The van der Waals surface area contributed by atoms with Gasteiger partial charge in [-0.3, -0.25) is 9.48 Å². The van der Waals surface area contributed by atoms with Crippen LogP contribution in [0.2, 0.25) is 0 Å². The highest BCUT2D eigenvalue weighted by molar-refractivity contribution is 7.99. The SMILES string of the molecule is Cc1ccnn1Cc1nnc(SCC(=O)O)o1. The van der Waals surface area contributed by atoms with Gasteiger partial charge >= 0.3 is 5.97 Å². The van der Waals surface area contributed by atoms with Crippen molar-refractivity contribution in [3.05, 3.63) is 23.8 Å². The molecular formula is C9H10N4O3S. The molecule has 0 radical (unpaired) electrons. The lowest BCUT2D eigenvalue weighted by Crippen LogP contribution is -2.03. The minimum atomic E-state index is -0.919. The van der Waals surface area contributed by atoms with Crippen LogP contribution in [0.25, 0.3) is 0 Å². The van der Waals surface area contributed by atoms with E-state index in [9.17, 15) is 4.79 Å². The van der Waals surface area contributed by atoms with Gasteiger partial charge in [0, 0.05) is 11.9 Å². The lowest BCUT2D eigenvalue weighted by molar-refractivity contribution is -0.133. The second-order valence-electron chi connectivity index (χ2n) is 3.27. The first-order chi connectivity index (χ1) is 8.15. The molecule has 0 aliphatic heterocycles. The molecule has 8 heteroatoms. The highest BCUT2D eigenvalue weighted by Gasteiger charge is 2.10. The second-order valence-corrected chi connectivity index (χ2v) is 4.20. The topological polar surface area (TPSA) is 94.0 Å². The van der Waals surface area contributed by atoms with Gasteiger partial charge in [-0.25, -0.2) is 0 Å². The Balaban J connectivity index is 1.99. The smallest absolute Gasteiger partial charge is 0.314 e. The molecule has 0 spiro atoms. The molecule has 0 aliphatic rings. The van der Waals surface area contributed by atoms with Crippen LogP contribution in [0.1, 0.15) is 11.6 Å². The van der Waals surface area contributed by atoms with Crippen LogP contribution < -0.4 is 0 Å². The molecule has 0 saturated heterocycles. The number of aryl methyl sites for hydroxylation is 1. The molecule has 0 fully saturated rings. The summed E-state index contributed by atoms with van der Waals surface area (Å²) in [6.07, 6.45) is 1.69. The van der Waals surface area contributed by atoms with Crippen LogP contribution in [-0.2, 0) is 11.3 Å². The third-order valence-electron chi connectivity index (χ3n) is 1.98. The maximum atomic E-state index is 10.4. The zero-order valence-corrected chi connectivity index (χ0v) is 9.85. The van der Waals surface area contributed by atoms with Gasteiger partial charge in [0.2, 0.25) is 5.89 Å². The Bertz CT molecular complexity index is 522. The first-order valence-corrected chi connectivity index (χ1v) is 5.79. The summed E-state index contributed by atoms with van der Waals surface area (Å²) in [5.74, 6) is -0.607. The summed E-state index contributed by atoms with van der Waals surface area (Å²) < 4.78 is 7.00. The maximum Gasteiger partial charge on any atom is 0.314 e. The molecule has 7 nitrogen and oxygen atoms in total. The Kier molecular flexibility index (Phi) is 3.43. The molecule has 0 unspecified atom stereocenters. The minimum absolute atomic E-state index is 0.0948. The van der Waals surface area contributed by atoms with Gasteiger partial charge in [0.05, 0.1) is 0 Å². The fourth-order valence-electron chi connectivity index (χ4n) is 1.18. The van der Waals surface area contributed by atoms with Crippen LogP contribution in [0.3, 0.4) is 0 Å². The van der Waals surface area contributed by atoms with E-state index < -0.39 is 5.97 Å². The van der Waals surface area contributed by atoms with Gasteiger partial charge in [-0.1, -0.05) is 11.8 Å². The van der Waals surface area contributed by atoms with E-state index in [0.29, 0.717) is 12.4 Å². The van der Waals surface area contributed by atoms with Gasteiger partial charge in [0.1, 0.15) is 12.3 Å². The molecule has 0 bridgehead atoms. The molecule has 0 aromatic carbocycles. The predicted molar refractivity (Wildman–Crippen MR) is 58.7 cm³/mol. The molecule has 2 aromatic rings. The van der Waals surface area contributed by atoms with Crippen molar-refractivity contribution < 1.29 is 14.3 Å². The number of carboxylic acid groups (broad SMARTS) is 1. The number of aliphatic carboxylic acids is 1. The number of carbonyl (C=O) groups is 1. The van der Waals surface area contributed by atoms with E-state index >= 15 is 0 Å². The molecule has 2 aromatic heterocycles. The summed E-state index contributed by atoms with van der Waals surface area (Å²) >= 11 is 0.997. The van der Waals surface area contributed by atoms with Crippen molar-refractivity contribution in [3.63, 3.8) is 0 Å². The van der Waals surface area contributed by atoms with Gasteiger partial charge in [-0.2, -0.15) is 5.10 Å². The molecule has 17 heavy (non-hydrogen) atoms. The molecule has 0 saturated carbocycles. The number of aromatic nitrogens is 4. The summed E-state index contributed by atoms with van der Waals surface area (Å²) in [6, 6.07) is 1.87. The monoisotopic (exact) mass is 254 g/mol. The fourth-order valence-corrected chi connectivity index (χ4v) is 1.68. The Hall–Kier alpha value is -1.83. The van der Waals surface area contributed by atoms with Crippen LogP contribution in [0, 0.1) is 6.92 Å². The Labute approximate surface area is 101 Å². The average Bonchev–Trinajstić information content (AvgIpc) is 2.87. The summed E-state index contributed by atoms with van der Waals surface area (Å²) in [5.41, 5.74) is 0.989. The van der Waals surface area contributed by atoms with E-state index in [-0.39, 0.29) is 11.0 Å². The molecule has 0 aliphatic carbocycles. The van der Waals surface area contributed by atoms with Crippen molar-refractivity contribution in [2.75, 3.05) is 5.75 Å². The van der Waals surface area contributed by atoms with Crippen LogP contribution in [0.15, 0.2) is 21.9 Å². The van der Waals surface area contributed by atoms with Crippen LogP contribution in [0.4, 0.5) is 0 Å². The van der Waals surface area contributed by atoms with E-state index in [0.717, 1.165) is 17.5 Å². The largest absolute Gasteiger partial charge is 0.481 e. The Morgan fingerprint density at radius 3 is 3.06 bits per heavy atom. The van der Waals surface area contributed by atoms with Gasteiger partial charge in [-0.05, 0) is 13.0 Å². The highest BCUT2D eigenvalue weighted by atomic mass is 32.2. The maximum absolute atomic E-state index is 10.4. The molecule has 1 N–H and O–H groups in total. The van der Waals surface area contributed by atoms with E-state index in [1.165, 1.54) is 0 Å². The predicted octanol–water partition coefficient (Wildman–Crippen LogP) is 0.800. The van der Waals surface area contributed by atoms with Crippen LogP contribution >= 0.6 is 11.8 Å². The molecule has 0 atom stereocenters. The van der Waals surface area contributed by atoms with Crippen molar-refractivity contribution in [3.8, 4) is 0 Å².